The van der Waals surface area contributed by atoms with Gasteiger partial charge in [-0.05, 0) is 43.5 Å². The van der Waals surface area contributed by atoms with E-state index in [1.807, 2.05) is 0 Å². The van der Waals surface area contributed by atoms with Crippen LogP contribution >= 0.6 is 0 Å². The van der Waals surface area contributed by atoms with Crippen molar-refractivity contribution in [1.82, 2.24) is 5.32 Å². The Kier molecular flexibility index (Phi) is 4.65. The topological polar surface area (TPSA) is 98.5 Å². The van der Waals surface area contributed by atoms with Crippen LogP contribution in [-0.2, 0) is 14.8 Å². The van der Waals surface area contributed by atoms with Crippen LogP contribution in [0.5, 0.6) is 0 Å². The second-order valence-corrected chi connectivity index (χ2v) is 6.93. The van der Waals surface area contributed by atoms with Gasteiger partial charge in [0.2, 0.25) is 10.0 Å². The van der Waals surface area contributed by atoms with Gasteiger partial charge in [-0.3, -0.25) is 4.79 Å². The highest BCUT2D eigenvalue weighted by atomic mass is 32.2. The zero-order valence-electron chi connectivity index (χ0n) is 12.2. The van der Waals surface area contributed by atoms with E-state index in [1.54, 1.807) is 19.9 Å². The van der Waals surface area contributed by atoms with E-state index in [0.29, 0.717) is 30.2 Å². The summed E-state index contributed by atoms with van der Waals surface area (Å²) in [4.78, 5) is 12.2. The molecule has 1 atom stereocenters. The van der Waals surface area contributed by atoms with E-state index in [0.717, 1.165) is 18.6 Å². The number of amides is 1. The predicted octanol–water partition coefficient (Wildman–Crippen LogP) is 0.717. The second kappa shape index (κ2) is 6.13. The van der Waals surface area contributed by atoms with Crippen molar-refractivity contribution in [3.63, 3.8) is 0 Å². The number of carbonyl (C=O) groups is 1. The maximum atomic E-state index is 12.2. The molecule has 0 radical (unpaired) electrons. The van der Waals surface area contributed by atoms with Gasteiger partial charge in [-0.2, -0.15) is 0 Å². The van der Waals surface area contributed by atoms with Crippen LogP contribution in [0, 0.1) is 19.8 Å². The number of sulfonamides is 1. The summed E-state index contributed by atoms with van der Waals surface area (Å²) in [6.45, 7) is 5.32. The van der Waals surface area contributed by atoms with Crippen molar-refractivity contribution in [3.05, 3.63) is 28.8 Å². The van der Waals surface area contributed by atoms with Crippen LogP contribution in [0.3, 0.4) is 0 Å². The van der Waals surface area contributed by atoms with Crippen LogP contribution in [0.1, 0.15) is 27.9 Å². The van der Waals surface area contributed by atoms with Crippen molar-refractivity contribution in [2.75, 3.05) is 19.8 Å². The van der Waals surface area contributed by atoms with Gasteiger partial charge in [0.1, 0.15) is 0 Å². The third-order valence-electron chi connectivity index (χ3n) is 3.76. The van der Waals surface area contributed by atoms with E-state index in [1.165, 1.54) is 6.07 Å². The Morgan fingerprint density at radius 3 is 2.71 bits per heavy atom. The van der Waals surface area contributed by atoms with Crippen molar-refractivity contribution >= 4 is 15.9 Å². The van der Waals surface area contributed by atoms with Gasteiger partial charge in [-0.1, -0.05) is 0 Å². The predicted molar refractivity (Wildman–Crippen MR) is 78.5 cm³/mol. The molecule has 1 fully saturated rings. The largest absolute Gasteiger partial charge is 0.381 e. The molecule has 1 aromatic carbocycles. The lowest BCUT2D eigenvalue weighted by Gasteiger charge is -2.12. The highest BCUT2D eigenvalue weighted by Gasteiger charge is 2.19. The minimum absolute atomic E-state index is 0.00292. The molecular weight excluding hydrogens is 292 g/mol. The molecule has 1 saturated heterocycles. The molecule has 1 aromatic rings. The Morgan fingerprint density at radius 1 is 1.43 bits per heavy atom. The Balaban J connectivity index is 2.19. The molecule has 1 unspecified atom stereocenters. The second-order valence-electron chi connectivity index (χ2n) is 5.40. The SMILES string of the molecule is Cc1cc(C(=O)NCC2CCOC2)cc(S(N)(=O)=O)c1C. The van der Waals surface area contributed by atoms with Gasteiger partial charge in [0.05, 0.1) is 11.5 Å². The summed E-state index contributed by atoms with van der Waals surface area (Å²) >= 11 is 0. The van der Waals surface area contributed by atoms with Crippen LogP contribution in [0.25, 0.3) is 0 Å². The molecule has 0 aromatic heterocycles. The summed E-state index contributed by atoms with van der Waals surface area (Å²) in [6, 6.07) is 3.00. The summed E-state index contributed by atoms with van der Waals surface area (Å²) in [5.41, 5.74) is 1.59. The first-order chi connectivity index (χ1) is 9.79. The minimum atomic E-state index is -3.84. The molecule has 1 aliphatic heterocycles. The number of nitrogens with two attached hydrogens (primary N) is 1. The van der Waals surface area contributed by atoms with Crippen molar-refractivity contribution in [2.45, 2.75) is 25.2 Å². The molecule has 2 rings (SSSR count). The molecule has 0 aliphatic carbocycles. The molecular formula is C14H20N2O4S. The maximum absolute atomic E-state index is 12.2. The standard InChI is InChI=1S/C14H20N2O4S/c1-9-5-12(6-13(10(9)2)21(15,18)19)14(17)16-7-11-3-4-20-8-11/h5-6,11H,3-4,7-8H2,1-2H3,(H,16,17)(H2,15,18,19). The van der Waals surface area contributed by atoms with Crippen molar-refractivity contribution in [3.8, 4) is 0 Å². The van der Waals surface area contributed by atoms with Gasteiger partial charge in [0, 0.05) is 24.6 Å². The number of nitrogens with one attached hydrogen (secondary N) is 1. The highest BCUT2D eigenvalue weighted by molar-refractivity contribution is 7.89. The van der Waals surface area contributed by atoms with Gasteiger partial charge < -0.3 is 10.1 Å². The Morgan fingerprint density at radius 2 is 2.14 bits per heavy atom. The zero-order valence-corrected chi connectivity index (χ0v) is 13.0. The lowest BCUT2D eigenvalue weighted by atomic mass is 10.1. The molecule has 7 heteroatoms. The van der Waals surface area contributed by atoms with E-state index >= 15 is 0 Å². The number of primary sulfonamides is 1. The van der Waals surface area contributed by atoms with E-state index in [9.17, 15) is 13.2 Å². The van der Waals surface area contributed by atoms with Gasteiger partial charge >= 0.3 is 0 Å². The molecule has 0 spiro atoms. The molecule has 116 valence electrons. The summed E-state index contributed by atoms with van der Waals surface area (Å²) in [5, 5.41) is 8.00. The quantitative estimate of drug-likeness (QED) is 0.855. The lowest BCUT2D eigenvalue weighted by Crippen LogP contribution is -2.30. The van der Waals surface area contributed by atoms with Crippen LogP contribution in [0.2, 0.25) is 0 Å². The van der Waals surface area contributed by atoms with E-state index in [-0.39, 0.29) is 10.8 Å². The number of rotatable bonds is 4. The van der Waals surface area contributed by atoms with Crippen molar-refractivity contribution in [2.24, 2.45) is 11.1 Å². The third kappa shape index (κ3) is 3.81. The highest BCUT2D eigenvalue weighted by Crippen LogP contribution is 2.20. The average molecular weight is 312 g/mol. The molecule has 0 saturated carbocycles. The first-order valence-corrected chi connectivity index (χ1v) is 8.33. The summed E-state index contributed by atoms with van der Waals surface area (Å²) < 4.78 is 28.4. The van der Waals surface area contributed by atoms with E-state index in [2.05, 4.69) is 5.32 Å². The lowest BCUT2D eigenvalue weighted by molar-refractivity contribution is 0.0944. The Labute approximate surface area is 124 Å². The van der Waals surface area contributed by atoms with Crippen LogP contribution < -0.4 is 10.5 Å². The Hall–Kier alpha value is -1.44. The first kappa shape index (κ1) is 15.9. The fraction of sp³-hybridized carbons (Fsp3) is 0.500. The molecule has 0 bridgehead atoms. The maximum Gasteiger partial charge on any atom is 0.251 e. The summed E-state index contributed by atoms with van der Waals surface area (Å²) in [7, 11) is -3.84. The molecule has 21 heavy (non-hydrogen) atoms. The normalized spacial score (nSPS) is 18.7. The summed E-state index contributed by atoms with van der Waals surface area (Å²) in [5.74, 6) is 0.0214. The fourth-order valence-corrected chi connectivity index (χ4v) is 3.22. The van der Waals surface area contributed by atoms with Crippen LogP contribution in [0.4, 0.5) is 0 Å². The van der Waals surface area contributed by atoms with Gasteiger partial charge in [-0.25, -0.2) is 13.6 Å². The van der Waals surface area contributed by atoms with E-state index in [4.69, 9.17) is 9.88 Å². The monoisotopic (exact) mass is 312 g/mol. The number of hydrogen-bond acceptors (Lipinski definition) is 4. The first-order valence-electron chi connectivity index (χ1n) is 6.79. The van der Waals surface area contributed by atoms with Crippen molar-refractivity contribution < 1.29 is 17.9 Å². The average Bonchev–Trinajstić information content (AvgIpc) is 2.90. The molecule has 3 N–H and O–H groups in total. The zero-order chi connectivity index (χ0) is 15.6. The molecule has 1 amide bonds. The number of carbonyl (C=O) groups excluding carboxylic acids is 1. The minimum Gasteiger partial charge on any atom is -0.381 e. The Bertz CT molecular complexity index is 649. The molecule has 1 aliphatic rings. The number of benzene rings is 1. The number of ether oxygens (including phenoxy) is 1. The van der Waals surface area contributed by atoms with Gasteiger partial charge in [-0.15, -0.1) is 0 Å². The number of aryl methyl sites for hydroxylation is 1. The fourth-order valence-electron chi connectivity index (χ4n) is 2.34. The van der Waals surface area contributed by atoms with Crippen LogP contribution in [0.15, 0.2) is 17.0 Å². The van der Waals surface area contributed by atoms with Crippen molar-refractivity contribution in [1.29, 1.82) is 0 Å². The third-order valence-corrected chi connectivity index (χ3v) is 4.80. The van der Waals surface area contributed by atoms with E-state index < -0.39 is 10.0 Å². The summed E-state index contributed by atoms with van der Waals surface area (Å²) in [6.07, 6.45) is 0.926. The van der Waals surface area contributed by atoms with Gasteiger partial charge in [0.15, 0.2) is 0 Å². The molecule has 1 heterocycles. The van der Waals surface area contributed by atoms with Crippen LogP contribution in [-0.4, -0.2) is 34.1 Å². The smallest absolute Gasteiger partial charge is 0.251 e. The molecule has 6 nitrogen and oxygen atoms in total. The number of hydrogen-bond donors (Lipinski definition) is 2. The van der Waals surface area contributed by atoms with Gasteiger partial charge in [0.25, 0.3) is 5.91 Å².